The van der Waals surface area contributed by atoms with E-state index in [0.717, 1.165) is 17.0 Å². The number of hydrogen-bond donors (Lipinski definition) is 1. The van der Waals surface area contributed by atoms with Gasteiger partial charge in [-0.2, -0.15) is 5.26 Å². The molecule has 0 aliphatic carbocycles. The number of nitriles is 1. The number of carbonyl (C=O) groups excluding carboxylic acids is 1. The number of halogens is 1. The van der Waals surface area contributed by atoms with E-state index in [2.05, 4.69) is 5.32 Å². The van der Waals surface area contributed by atoms with Crippen LogP contribution < -0.4 is 5.32 Å². The Bertz CT molecular complexity index is 589. The molecule has 1 saturated heterocycles. The van der Waals surface area contributed by atoms with E-state index in [9.17, 15) is 4.79 Å². The molecule has 0 bridgehead atoms. The summed E-state index contributed by atoms with van der Waals surface area (Å²) in [6, 6.07) is 9.56. The molecular weight excluding hydrogens is 302 g/mol. The molecular formula is C16H18ClN3O2. The molecule has 5 nitrogen and oxygen atoms in total. The Balaban J connectivity index is 1.86. The molecule has 1 aliphatic rings. The highest BCUT2D eigenvalue weighted by Gasteiger charge is 2.20. The summed E-state index contributed by atoms with van der Waals surface area (Å²) >= 11 is 6.08. The van der Waals surface area contributed by atoms with Crippen molar-refractivity contribution in [1.82, 2.24) is 10.2 Å². The SMILES string of the molecule is N#C/C(=C/NCCc1ccccc1Cl)C(=O)N1CCOCC1. The molecule has 6 heteroatoms. The highest BCUT2D eigenvalue weighted by molar-refractivity contribution is 6.31. The fourth-order valence-corrected chi connectivity index (χ4v) is 2.39. The first-order valence-electron chi connectivity index (χ1n) is 7.16. The monoisotopic (exact) mass is 319 g/mol. The van der Waals surface area contributed by atoms with E-state index in [1.165, 1.54) is 6.20 Å². The minimum absolute atomic E-state index is 0.112. The maximum Gasteiger partial charge on any atom is 0.266 e. The molecule has 0 saturated carbocycles. The van der Waals surface area contributed by atoms with Crippen LogP contribution in [0.1, 0.15) is 5.56 Å². The Morgan fingerprint density at radius 2 is 2.14 bits per heavy atom. The van der Waals surface area contributed by atoms with Gasteiger partial charge in [-0.1, -0.05) is 29.8 Å². The van der Waals surface area contributed by atoms with E-state index in [0.29, 0.717) is 32.8 Å². The third-order valence-electron chi connectivity index (χ3n) is 3.39. The minimum atomic E-state index is -0.254. The molecule has 0 radical (unpaired) electrons. The van der Waals surface area contributed by atoms with Gasteiger partial charge in [0.25, 0.3) is 5.91 Å². The van der Waals surface area contributed by atoms with Crippen LogP contribution in [-0.2, 0) is 16.0 Å². The Hall–Kier alpha value is -2.03. The minimum Gasteiger partial charge on any atom is -0.389 e. The maximum absolute atomic E-state index is 12.2. The number of amides is 1. The van der Waals surface area contributed by atoms with Crippen molar-refractivity contribution >= 4 is 17.5 Å². The largest absolute Gasteiger partial charge is 0.389 e. The molecule has 2 rings (SSSR count). The highest BCUT2D eigenvalue weighted by Crippen LogP contribution is 2.14. The summed E-state index contributed by atoms with van der Waals surface area (Å²) < 4.78 is 5.20. The second-order valence-electron chi connectivity index (χ2n) is 4.87. The van der Waals surface area contributed by atoms with Gasteiger partial charge in [0.1, 0.15) is 11.6 Å². The average molecular weight is 320 g/mol. The van der Waals surface area contributed by atoms with Gasteiger partial charge in [0, 0.05) is 30.9 Å². The van der Waals surface area contributed by atoms with Crippen LogP contribution in [0.25, 0.3) is 0 Å². The zero-order chi connectivity index (χ0) is 15.8. The normalized spacial score (nSPS) is 15.3. The molecule has 1 fully saturated rings. The van der Waals surface area contributed by atoms with Gasteiger partial charge in [-0.15, -0.1) is 0 Å². The number of benzene rings is 1. The van der Waals surface area contributed by atoms with Crippen LogP contribution in [0.4, 0.5) is 0 Å². The van der Waals surface area contributed by atoms with Crippen LogP contribution in [-0.4, -0.2) is 43.7 Å². The van der Waals surface area contributed by atoms with Crippen molar-refractivity contribution in [1.29, 1.82) is 5.26 Å². The van der Waals surface area contributed by atoms with E-state index < -0.39 is 0 Å². The molecule has 1 aromatic carbocycles. The summed E-state index contributed by atoms with van der Waals surface area (Å²) in [6.07, 6.45) is 2.20. The van der Waals surface area contributed by atoms with Crippen LogP contribution >= 0.6 is 11.6 Å². The predicted octanol–water partition coefficient (Wildman–Crippen LogP) is 1.74. The van der Waals surface area contributed by atoms with Crippen molar-refractivity contribution in [3.05, 3.63) is 46.6 Å². The van der Waals surface area contributed by atoms with Crippen molar-refractivity contribution in [2.45, 2.75) is 6.42 Å². The molecule has 22 heavy (non-hydrogen) atoms. The number of rotatable bonds is 5. The van der Waals surface area contributed by atoms with Gasteiger partial charge >= 0.3 is 0 Å². The lowest BCUT2D eigenvalue weighted by atomic mass is 10.1. The zero-order valence-corrected chi connectivity index (χ0v) is 13.0. The molecule has 0 aromatic heterocycles. The summed E-state index contributed by atoms with van der Waals surface area (Å²) in [7, 11) is 0. The van der Waals surface area contributed by atoms with Crippen molar-refractivity contribution < 1.29 is 9.53 Å². The predicted molar refractivity (Wildman–Crippen MR) is 84.3 cm³/mol. The second-order valence-corrected chi connectivity index (χ2v) is 5.28. The Kier molecular flexibility index (Phi) is 6.26. The van der Waals surface area contributed by atoms with Gasteiger partial charge < -0.3 is 15.0 Å². The highest BCUT2D eigenvalue weighted by atomic mass is 35.5. The van der Waals surface area contributed by atoms with Gasteiger partial charge in [-0.25, -0.2) is 0 Å². The quantitative estimate of drug-likeness (QED) is 0.510. The summed E-state index contributed by atoms with van der Waals surface area (Å²) in [6.45, 7) is 2.69. The standard InChI is InChI=1S/C16H18ClN3O2/c17-15-4-2-1-3-13(15)5-6-19-12-14(11-18)16(21)20-7-9-22-10-8-20/h1-4,12,19H,5-10H2/b14-12-. The maximum atomic E-state index is 12.2. The lowest BCUT2D eigenvalue weighted by Gasteiger charge is -2.26. The van der Waals surface area contributed by atoms with E-state index in [4.69, 9.17) is 21.6 Å². The first-order valence-corrected chi connectivity index (χ1v) is 7.54. The number of nitrogens with one attached hydrogen (secondary N) is 1. The van der Waals surface area contributed by atoms with Crippen molar-refractivity contribution in [2.75, 3.05) is 32.8 Å². The number of ether oxygens (including phenoxy) is 1. The van der Waals surface area contributed by atoms with Crippen molar-refractivity contribution in [2.24, 2.45) is 0 Å². The molecule has 0 spiro atoms. The summed E-state index contributed by atoms with van der Waals surface area (Å²) in [5, 5.41) is 12.9. The molecule has 1 aliphatic heterocycles. The fourth-order valence-electron chi connectivity index (χ4n) is 2.16. The first kappa shape index (κ1) is 16.3. The molecule has 1 amide bonds. The van der Waals surface area contributed by atoms with Gasteiger partial charge in [0.2, 0.25) is 0 Å². The number of nitrogens with zero attached hydrogens (tertiary/aromatic N) is 2. The van der Waals surface area contributed by atoms with Gasteiger partial charge in [-0.05, 0) is 18.1 Å². The molecule has 116 valence electrons. The topological polar surface area (TPSA) is 65.4 Å². The van der Waals surface area contributed by atoms with Crippen LogP contribution in [0.3, 0.4) is 0 Å². The molecule has 1 aromatic rings. The zero-order valence-electron chi connectivity index (χ0n) is 12.2. The molecule has 0 atom stereocenters. The number of hydrogen-bond acceptors (Lipinski definition) is 4. The van der Waals surface area contributed by atoms with E-state index in [1.807, 2.05) is 30.3 Å². The van der Waals surface area contributed by atoms with Gasteiger partial charge in [-0.3, -0.25) is 4.79 Å². The van der Waals surface area contributed by atoms with Gasteiger partial charge in [0.05, 0.1) is 13.2 Å². The first-order chi connectivity index (χ1) is 10.7. The van der Waals surface area contributed by atoms with E-state index in [-0.39, 0.29) is 11.5 Å². The third kappa shape index (κ3) is 4.48. The third-order valence-corrected chi connectivity index (χ3v) is 3.76. The van der Waals surface area contributed by atoms with Crippen molar-refractivity contribution in [3.63, 3.8) is 0 Å². The lowest BCUT2D eigenvalue weighted by Crippen LogP contribution is -2.41. The van der Waals surface area contributed by atoms with E-state index in [1.54, 1.807) is 4.90 Å². The second kappa shape index (κ2) is 8.42. The fraction of sp³-hybridized carbons (Fsp3) is 0.375. The van der Waals surface area contributed by atoms with Crippen LogP contribution in [0, 0.1) is 11.3 Å². The van der Waals surface area contributed by atoms with Gasteiger partial charge in [0.15, 0.2) is 0 Å². The van der Waals surface area contributed by atoms with Crippen molar-refractivity contribution in [3.8, 4) is 6.07 Å². The van der Waals surface area contributed by atoms with Crippen LogP contribution in [0.5, 0.6) is 0 Å². The molecule has 1 heterocycles. The Morgan fingerprint density at radius 1 is 1.41 bits per heavy atom. The smallest absolute Gasteiger partial charge is 0.266 e. The van der Waals surface area contributed by atoms with E-state index >= 15 is 0 Å². The summed E-state index contributed by atoms with van der Waals surface area (Å²) in [5.41, 5.74) is 1.14. The summed E-state index contributed by atoms with van der Waals surface area (Å²) in [4.78, 5) is 13.8. The molecule has 1 N–H and O–H groups in total. The average Bonchev–Trinajstić information content (AvgIpc) is 2.57. The number of carbonyl (C=O) groups is 1. The molecule has 0 unspecified atom stereocenters. The van der Waals surface area contributed by atoms with Crippen LogP contribution in [0.15, 0.2) is 36.0 Å². The number of morpholine rings is 1. The van der Waals surface area contributed by atoms with Crippen LogP contribution in [0.2, 0.25) is 5.02 Å². The Labute approximate surface area is 135 Å². The lowest BCUT2D eigenvalue weighted by molar-refractivity contribution is -0.130. The Morgan fingerprint density at radius 3 is 2.82 bits per heavy atom. The summed E-state index contributed by atoms with van der Waals surface area (Å²) in [5.74, 6) is -0.254.